The third kappa shape index (κ3) is 2.67. The van der Waals surface area contributed by atoms with Crippen LogP contribution in [0.25, 0.3) is 0 Å². The molecule has 0 bridgehead atoms. The number of carbonyl (C=O) groups is 1. The molecule has 4 nitrogen and oxygen atoms in total. The quantitative estimate of drug-likeness (QED) is 0.630. The lowest BCUT2D eigenvalue weighted by molar-refractivity contribution is -0.0585. The van der Waals surface area contributed by atoms with Gasteiger partial charge in [-0.25, -0.2) is 4.79 Å². The van der Waals surface area contributed by atoms with E-state index in [0.717, 1.165) is 39.0 Å². The Morgan fingerprint density at radius 1 is 1.00 bits per heavy atom. The molecule has 0 N–H and O–H groups in total. The fraction of sp³-hybridized carbons (Fsp3) is 0.917. The lowest BCUT2D eigenvalue weighted by Crippen LogP contribution is -2.53. The molecule has 0 aliphatic carbocycles. The smallest absolute Gasteiger partial charge is 0.320 e. The number of hydrogen-bond donors (Lipinski definition) is 0. The Balaban J connectivity index is 1.92. The predicted octanol–water partition coefficient (Wildman–Crippen LogP) is 1.70. The molecule has 2 aliphatic heterocycles. The van der Waals surface area contributed by atoms with Gasteiger partial charge in [-0.3, -0.25) is 0 Å². The van der Waals surface area contributed by atoms with Crippen LogP contribution in [0.4, 0.5) is 4.79 Å². The van der Waals surface area contributed by atoms with Gasteiger partial charge in [0.15, 0.2) is 0 Å². The molecule has 2 amide bonds. The van der Waals surface area contributed by atoms with Gasteiger partial charge in [0.2, 0.25) is 0 Å². The highest BCUT2D eigenvalue weighted by Crippen LogP contribution is 2.16. The van der Waals surface area contributed by atoms with E-state index in [9.17, 15) is 4.79 Å². The van der Waals surface area contributed by atoms with E-state index < -0.39 is 0 Å². The molecular formula is C12H22N2O2. The van der Waals surface area contributed by atoms with Gasteiger partial charge in [0.1, 0.15) is 0 Å². The minimum atomic E-state index is 0.164. The minimum Gasteiger partial charge on any atom is -0.372 e. The average Bonchev–Trinajstić information content (AvgIpc) is 2.28. The molecule has 0 spiro atoms. The van der Waals surface area contributed by atoms with Crippen LogP contribution in [0.2, 0.25) is 0 Å². The fourth-order valence-corrected chi connectivity index (χ4v) is 2.62. The van der Waals surface area contributed by atoms with Gasteiger partial charge in [0.05, 0.1) is 12.2 Å². The topological polar surface area (TPSA) is 32.8 Å². The Morgan fingerprint density at radius 3 is 2.12 bits per heavy atom. The van der Waals surface area contributed by atoms with Crippen LogP contribution < -0.4 is 0 Å². The summed E-state index contributed by atoms with van der Waals surface area (Å²) in [5, 5.41) is 0. The second-order valence-corrected chi connectivity index (χ2v) is 4.99. The van der Waals surface area contributed by atoms with Crippen LogP contribution in [0.1, 0.15) is 33.1 Å². The summed E-state index contributed by atoms with van der Waals surface area (Å²) in [6, 6.07) is 0.210. The summed E-state index contributed by atoms with van der Waals surface area (Å²) >= 11 is 0. The molecule has 0 aromatic rings. The highest BCUT2D eigenvalue weighted by atomic mass is 16.5. The molecule has 0 aromatic heterocycles. The van der Waals surface area contributed by atoms with E-state index in [4.69, 9.17) is 4.74 Å². The van der Waals surface area contributed by atoms with Gasteiger partial charge < -0.3 is 14.5 Å². The summed E-state index contributed by atoms with van der Waals surface area (Å²) in [7, 11) is 0. The Morgan fingerprint density at radius 2 is 1.56 bits per heavy atom. The standard InChI is InChI=1S/C12H22N2O2/c1-10-8-14(9-11(2)16-10)12(15)13-6-4-3-5-7-13/h10-11H,3-9H2,1-2H3. The zero-order valence-electron chi connectivity index (χ0n) is 10.3. The molecular weight excluding hydrogens is 204 g/mol. The van der Waals surface area contributed by atoms with E-state index in [1.54, 1.807) is 0 Å². The van der Waals surface area contributed by atoms with Crippen molar-refractivity contribution >= 4 is 6.03 Å². The molecule has 16 heavy (non-hydrogen) atoms. The van der Waals surface area contributed by atoms with Crippen LogP contribution in [-0.4, -0.2) is 54.2 Å². The van der Waals surface area contributed by atoms with Crippen molar-refractivity contribution in [3.8, 4) is 0 Å². The van der Waals surface area contributed by atoms with Crippen molar-refractivity contribution in [3.63, 3.8) is 0 Å². The number of urea groups is 1. The van der Waals surface area contributed by atoms with Gasteiger partial charge in [-0.1, -0.05) is 0 Å². The van der Waals surface area contributed by atoms with Crippen molar-refractivity contribution in [1.82, 2.24) is 9.80 Å². The van der Waals surface area contributed by atoms with E-state index in [0.29, 0.717) is 0 Å². The van der Waals surface area contributed by atoms with Crippen molar-refractivity contribution in [2.24, 2.45) is 0 Å². The fourth-order valence-electron chi connectivity index (χ4n) is 2.62. The first-order valence-electron chi connectivity index (χ1n) is 6.36. The number of morpholine rings is 1. The van der Waals surface area contributed by atoms with Crippen molar-refractivity contribution < 1.29 is 9.53 Å². The van der Waals surface area contributed by atoms with Gasteiger partial charge in [-0.15, -0.1) is 0 Å². The summed E-state index contributed by atoms with van der Waals surface area (Å²) in [5.74, 6) is 0. The summed E-state index contributed by atoms with van der Waals surface area (Å²) in [4.78, 5) is 16.2. The van der Waals surface area contributed by atoms with Gasteiger partial charge in [0, 0.05) is 26.2 Å². The molecule has 2 rings (SSSR count). The van der Waals surface area contributed by atoms with Crippen LogP contribution in [0.3, 0.4) is 0 Å². The number of rotatable bonds is 0. The summed E-state index contributed by atoms with van der Waals surface area (Å²) in [5.41, 5.74) is 0. The third-order valence-corrected chi connectivity index (χ3v) is 3.32. The number of ether oxygens (including phenoxy) is 1. The van der Waals surface area contributed by atoms with E-state index in [1.807, 2.05) is 23.6 Å². The predicted molar refractivity (Wildman–Crippen MR) is 62.4 cm³/mol. The van der Waals surface area contributed by atoms with Crippen LogP contribution in [0.5, 0.6) is 0 Å². The molecule has 0 radical (unpaired) electrons. The SMILES string of the molecule is CC1CN(C(=O)N2CCCCC2)CC(C)O1. The van der Waals surface area contributed by atoms with Crippen molar-refractivity contribution in [3.05, 3.63) is 0 Å². The second kappa shape index (κ2) is 5.04. The van der Waals surface area contributed by atoms with Gasteiger partial charge in [-0.2, -0.15) is 0 Å². The van der Waals surface area contributed by atoms with Crippen molar-refractivity contribution in [1.29, 1.82) is 0 Å². The van der Waals surface area contributed by atoms with Crippen LogP contribution in [0.15, 0.2) is 0 Å². The number of piperidine rings is 1. The maximum atomic E-state index is 12.2. The van der Waals surface area contributed by atoms with Gasteiger partial charge >= 0.3 is 6.03 Å². The molecule has 0 aromatic carbocycles. The minimum absolute atomic E-state index is 0.164. The zero-order valence-corrected chi connectivity index (χ0v) is 10.3. The number of amides is 2. The number of carbonyl (C=O) groups excluding carboxylic acids is 1. The molecule has 0 saturated carbocycles. The monoisotopic (exact) mass is 226 g/mol. The molecule has 2 atom stereocenters. The van der Waals surface area contributed by atoms with Crippen molar-refractivity contribution in [2.45, 2.75) is 45.3 Å². The summed E-state index contributed by atoms with van der Waals surface area (Å²) in [6.45, 7) is 7.40. The highest BCUT2D eigenvalue weighted by molar-refractivity contribution is 5.74. The van der Waals surface area contributed by atoms with E-state index >= 15 is 0 Å². The lowest BCUT2D eigenvalue weighted by atomic mass is 10.1. The molecule has 4 heteroatoms. The first kappa shape index (κ1) is 11.7. The maximum absolute atomic E-state index is 12.2. The van der Waals surface area contributed by atoms with E-state index in [2.05, 4.69) is 0 Å². The van der Waals surface area contributed by atoms with Gasteiger partial charge in [0.25, 0.3) is 0 Å². The molecule has 2 aliphatic rings. The summed E-state index contributed by atoms with van der Waals surface area (Å²) in [6.07, 6.45) is 3.90. The summed E-state index contributed by atoms with van der Waals surface area (Å²) < 4.78 is 5.64. The Hall–Kier alpha value is -0.770. The van der Waals surface area contributed by atoms with Crippen molar-refractivity contribution in [2.75, 3.05) is 26.2 Å². The number of likely N-dealkylation sites (tertiary alicyclic amines) is 1. The molecule has 2 heterocycles. The Labute approximate surface area is 97.5 Å². The first-order valence-corrected chi connectivity index (χ1v) is 6.36. The Bertz CT molecular complexity index is 241. The largest absolute Gasteiger partial charge is 0.372 e. The third-order valence-electron chi connectivity index (χ3n) is 3.32. The second-order valence-electron chi connectivity index (χ2n) is 4.99. The van der Waals surface area contributed by atoms with E-state index in [-0.39, 0.29) is 18.2 Å². The highest BCUT2D eigenvalue weighted by Gasteiger charge is 2.29. The zero-order chi connectivity index (χ0) is 11.5. The molecule has 92 valence electrons. The molecule has 2 unspecified atom stereocenters. The molecule has 2 fully saturated rings. The van der Waals surface area contributed by atoms with E-state index in [1.165, 1.54) is 6.42 Å². The first-order chi connectivity index (χ1) is 7.66. The lowest BCUT2D eigenvalue weighted by Gasteiger charge is -2.39. The van der Waals surface area contributed by atoms with Crippen LogP contribution in [-0.2, 0) is 4.74 Å². The Kier molecular flexibility index (Phi) is 3.69. The normalized spacial score (nSPS) is 31.6. The average molecular weight is 226 g/mol. The van der Waals surface area contributed by atoms with Gasteiger partial charge in [-0.05, 0) is 33.1 Å². The van der Waals surface area contributed by atoms with Crippen LogP contribution in [0, 0.1) is 0 Å². The molecule has 2 saturated heterocycles. The number of hydrogen-bond acceptors (Lipinski definition) is 2. The van der Waals surface area contributed by atoms with Crippen LogP contribution >= 0.6 is 0 Å². The maximum Gasteiger partial charge on any atom is 0.320 e. The number of nitrogens with zero attached hydrogens (tertiary/aromatic N) is 2.